The standard InChI is InChI=1S/C19H16FNO4S2/c1-24-18-11-14(12-21-27(22,23)19-7-4-10-26-19)8-9-17(18)25-13-15-5-2-3-6-16(15)20/h2-12H,13H2,1H3/b21-12-. The molecule has 3 aromatic rings. The zero-order chi connectivity index (χ0) is 19.3. The first-order valence-corrected chi connectivity index (χ1v) is 10.2. The summed E-state index contributed by atoms with van der Waals surface area (Å²) in [6.07, 6.45) is 1.25. The van der Waals surface area contributed by atoms with Crippen LogP contribution in [0.4, 0.5) is 4.39 Å². The lowest BCUT2D eigenvalue weighted by Gasteiger charge is -2.11. The molecule has 0 amide bonds. The van der Waals surface area contributed by atoms with E-state index in [0.29, 0.717) is 22.6 Å². The van der Waals surface area contributed by atoms with Gasteiger partial charge in [0.2, 0.25) is 0 Å². The molecule has 140 valence electrons. The molecule has 5 nitrogen and oxygen atoms in total. The summed E-state index contributed by atoms with van der Waals surface area (Å²) in [5.74, 6) is 0.460. The number of hydrogen-bond donors (Lipinski definition) is 0. The van der Waals surface area contributed by atoms with Crippen molar-refractivity contribution in [2.45, 2.75) is 10.8 Å². The van der Waals surface area contributed by atoms with Gasteiger partial charge in [0.05, 0.1) is 7.11 Å². The minimum Gasteiger partial charge on any atom is -0.493 e. The third-order valence-electron chi connectivity index (χ3n) is 3.62. The van der Waals surface area contributed by atoms with Gasteiger partial charge in [0.25, 0.3) is 10.0 Å². The van der Waals surface area contributed by atoms with Gasteiger partial charge in [-0.1, -0.05) is 24.3 Å². The van der Waals surface area contributed by atoms with E-state index in [2.05, 4.69) is 4.40 Å². The highest BCUT2D eigenvalue weighted by Crippen LogP contribution is 2.29. The van der Waals surface area contributed by atoms with E-state index < -0.39 is 10.0 Å². The molecule has 0 N–H and O–H groups in total. The summed E-state index contributed by atoms with van der Waals surface area (Å²) < 4.78 is 52.7. The van der Waals surface area contributed by atoms with Gasteiger partial charge in [-0.05, 0) is 41.3 Å². The maximum absolute atomic E-state index is 13.7. The van der Waals surface area contributed by atoms with Crippen molar-refractivity contribution < 1.29 is 22.3 Å². The molecule has 1 heterocycles. The third-order valence-corrected chi connectivity index (χ3v) is 6.23. The largest absolute Gasteiger partial charge is 0.493 e. The summed E-state index contributed by atoms with van der Waals surface area (Å²) >= 11 is 1.10. The minimum atomic E-state index is -3.72. The Morgan fingerprint density at radius 2 is 1.93 bits per heavy atom. The molecule has 0 bridgehead atoms. The van der Waals surface area contributed by atoms with Crippen molar-refractivity contribution in [2.24, 2.45) is 4.40 Å². The van der Waals surface area contributed by atoms with Gasteiger partial charge in [-0.2, -0.15) is 12.8 Å². The van der Waals surface area contributed by atoms with Gasteiger partial charge in [0, 0.05) is 11.8 Å². The number of halogens is 1. The smallest absolute Gasteiger partial charge is 0.291 e. The van der Waals surface area contributed by atoms with Crippen molar-refractivity contribution in [3.8, 4) is 11.5 Å². The number of nitrogens with zero attached hydrogens (tertiary/aromatic N) is 1. The lowest BCUT2D eigenvalue weighted by atomic mass is 10.2. The SMILES string of the molecule is COc1cc(/C=N\S(=O)(=O)c2cccs2)ccc1OCc1ccccc1F. The summed E-state index contributed by atoms with van der Waals surface area (Å²) in [7, 11) is -2.25. The zero-order valence-corrected chi connectivity index (χ0v) is 16.0. The van der Waals surface area contributed by atoms with E-state index in [9.17, 15) is 12.8 Å². The number of ether oxygens (including phenoxy) is 2. The Morgan fingerprint density at radius 3 is 2.63 bits per heavy atom. The van der Waals surface area contributed by atoms with Gasteiger partial charge >= 0.3 is 0 Å². The molecule has 0 aliphatic carbocycles. The second-order valence-corrected chi connectivity index (χ2v) is 8.24. The molecule has 0 spiro atoms. The molecule has 0 saturated carbocycles. The molecule has 0 radical (unpaired) electrons. The lowest BCUT2D eigenvalue weighted by molar-refractivity contribution is 0.279. The van der Waals surface area contributed by atoms with E-state index in [1.807, 2.05) is 0 Å². The predicted molar refractivity (Wildman–Crippen MR) is 103 cm³/mol. The number of methoxy groups -OCH3 is 1. The molecule has 0 unspecified atom stereocenters. The summed E-state index contributed by atoms with van der Waals surface area (Å²) in [4.78, 5) is 0. The summed E-state index contributed by atoms with van der Waals surface area (Å²) in [5.41, 5.74) is 0.956. The van der Waals surface area contributed by atoms with Crippen molar-refractivity contribution in [3.63, 3.8) is 0 Å². The highest BCUT2D eigenvalue weighted by molar-refractivity contribution is 7.92. The highest BCUT2D eigenvalue weighted by atomic mass is 32.2. The molecule has 27 heavy (non-hydrogen) atoms. The average Bonchev–Trinajstić information content (AvgIpc) is 3.22. The van der Waals surface area contributed by atoms with Crippen LogP contribution in [0.1, 0.15) is 11.1 Å². The Balaban J connectivity index is 1.76. The van der Waals surface area contributed by atoms with Crippen LogP contribution in [0.2, 0.25) is 0 Å². The second-order valence-electron chi connectivity index (χ2n) is 5.43. The van der Waals surface area contributed by atoms with Gasteiger partial charge in [-0.25, -0.2) is 4.39 Å². The van der Waals surface area contributed by atoms with E-state index >= 15 is 0 Å². The van der Waals surface area contributed by atoms with Gasteiger partial charge in [0.15, 0.2) is 11.5 Å². The number of thiophene rings is 1. The lowest BCUT2D eigenvalue weighted by Crippen LogP contribution is -2.00. The van der Waals surface area contributed by atoms with Crippen LogP contribution >= 0.6 is 11.3 Å². The molecule has 0 aliphatic heterocycles. The maximum atomic E-state index is 13.7. The van der Waals surface area contributed by atoms with Gasteiger partial charge < -0.3 is 9.47 Å². The van der Waals surface area contributed by atoms with E-state index in [0.717, 1.165) is 11.3 Å². The number of benzene rings is 2. The van der Waals surface area contributed by atoms with E-state index in [4.69, 9.17) is 9.47 Å². The van der Waals surface area contributed by atoms with Crippen molar-refractivity contribution in [1.82, 2.24) is 0 Å². The number of hydrogen-bond acceptors (Lipinski definition) is 5. The predicted octanol–water partition coefficient (Wildman–Crippen LogP) is 4.28. The van der Waals surface area contributed by atoms with Crippen LogP contribution in [0.3, 0.4) is 0 Å². The Bertz CT molecular complexity index is 1050. The van der Waals surface area contributed by atoms with Crippen LogP contribution in [-0.2, 0) is 16.6 Å². The van der Waals surface area contributed by atoms with E-state index in [1.165, 1.54) is 25.5 Å². The van der Waals surface area contributed by atoms with Crippen molar-refractivity contribution >= 4 is 27.6 Å². The van der Waals surface area contributed by atoms with Crippen LogP contribution in [0, 0.1) is 5.82 Å². The summed E-state index contributed by atoms with van der Waals surface area (Å²) in [5, 5.41) is 1.67. The molecule has 0 fully saturated rings. The minimum absolute atomic E-state index is 0.0449. The molecule has 2 aromatic carbocycles. The quantitative estimate of drug-likeness (QED) is 0.550. The average molecular weight is 405 g/mol. The Morgan fingerprint density at radius 1 is 1.11 bits per heavy atom. The van der Waals surface area contributed by atoms with Crippen LogP contribution in [0.15, 0.2) is 68.6 Å². The maximum Gasteiger partial charge on any atom is 0.291 e. The number of sulfonamides is 1. The molecule has 0 atom stereocenters. The fraction of sp³-hybridized carbons (Fsp3) is 0.105. The van der Waals surface area contributed by atoms with Crippen molar-refractivity contribution in [3.05, 3.63) is 76.9 Å². The van der Waals surface area contributed by atoms with Crippen LogP contribution in [0.5, 0.6) is 11.5 Å². The van der Waals surface area contributed by atoms with Crippen LogP contribution in [-0.4, -0.2) is 21.7 Å². The first-order valence-electron chi connectivity index (χ1n) is 7.88. The highest BCUT2D eigenvalue weighted by Gasteiger charge is 2.13. The third kappa shape index (κ3) is 4.72. The zero-order valence-electron chi connectivity index (χ0n) is 14.3. The molecule has 0 aliphatic rings. The Hall–Kier alpha value is -2.71. The van der Waals surface area contributed by atoms with Gasteiger partial charge in [0.1, 0.15) is 16.6 Å². The first kappa shape index (κ1) is 19.1. The second kappa shape index (κ2) is 8.32. The Labute approximate surface area is 160 Å². The summed E-state index contributed by atoms with van der Waals surface area (Å²) in [6.45, 7) is 0.0449. The van der Waals surface area contributed by atoms with Crippen LogP contribution in [0.25, 0.3) is 0 Å². The van der Waals surface area contributed by atoms with E-state index in [-0.39, 0.29) is 16.6 Å². The topological polar surface area (TPSA) is 65.0 Å². The fourth-order valence-corrected chi connectivity index (χ4v) is 4.09. The molecule has 3 rings (SSSR count). The molecule has 0 saturated heterocycles. The van der Waals surface area contributed by atoms with E-state index in [1.54, 1.807) is 47.8 Å². The molecular weight excluding hydrogens is 389 g/mol. The molecule has 1 aromatic heterocycles. The first-order chi connectivity index (χ1) is 13.0. The molecule has 8 heteroatoms. The van der Waals surface area contributed by atoms with Gasteiger partial charge in [-0.3, -0.25) is 0 Å². The monoisotopic (exact) mass is 405 g/mol. The van der Waals surface area contributed by atoms with Crippen LogP contribution < -0.4 is 9.47 Å². The number of rotatable bonds is 7. The van der Waals surface area contributed by atoms with Crippen molar-refractivity contribution in [1.29, 1.82) is 0 Å². The van der Waals surface area contributed by atoms with Crippen molar-refractivity contribution in [2.75, 3.05) is 7.11 Å². The molecular formula is C19H16FNO4S2. The normalized spacial score (nSPS) is 11.6. The fourth-order valence-electron chi connectivity index (χ4n) is 2.25. The van der Waals surface area contributed by atoms with Gasteiger partial charge in [-0.15, -0.1) is 11.3 Å². The Kier molecular flexibility index (Phi) is 5.88. The summed E-state index contributed by atoms with van der Waals surface area (Å²) in [6, 6.07) is 14.4.